The monoisotopic (exact) mass is 350 g/mol. The maximum absolute atomic E-state index is 5.06. The quantitative estimate of drug-likeness (QED) is 0.590. The maximum Gasteiger partial charge on any atom is 0.203 e. The molecule has 0 N–H and O–H groups in total. The van der Waals surface area contributed by atoms with Gasteiger partial charge in [0.05, 0.1) is 11.0 Å². The minimum absolute atomic E-state index is 1.09. The average Bonchev–Trinajstić information content (AvgIpc) is 2.59. The van der Waals surface area contributed by atoms with Crippen LogP contribution in [0.15, 0.2) is 35.3 Å². The summed E-state index contributed by atoms with van der Waals surface area (Å²) in [5, 5.41) is 5.63. The summed E-state index contributed by atoms with van der Waals surface area (Å²) in [6.45, 7) is 9.49. The van der Waals surface area contributed by atoms with Crippen LogP contribution in [0.1, 0.15) is 18.9 Å². The smallest absolute Gasteiger partial charge is 0.203 e. The lowest BCUT2D eigenvalue weighted by atomic mass is 10.0. The Hall–Kier alpha value is -1.94. The third kappa shape index (κ3) is 2.54. The molecule has 0 spiro atoms. The van der Waals surface area contributed by atoms with Gasteiger partial charge in [0.25, 0.3) is 0 Å². The molecule has 0 aromatic heterocycles. The van der Waals surface area contributed by atoms with Gasteiger partial charge in [-0.05, 0) is 48.0 Å². The van der Waals surface area contributed by atoms with Crippen molar-refractivity contribution < 1.29 is 0 Å². The molecule has 4 rings (SSSR count). The molecule has 0 aliphatic carbocycles. The van der Waals surface area contributed by atoms with Crippen molar-refractivity contribution in [3.8, 4) is 0 Å². The molecule has 2 heterocycles. The summed E-state index contributed by atoms with van der Waals surface area (Å²) < 4.78 is 2.54. The fourth-order valence-electron chi connectivity index (χ4n) is 4.29. The summed E-state index contributed by atoms with van der Waals surface area (Å²) >= 11 is 0. The average molecular weight is 351 g/mol. The first-order chi connectivity index (χ1) is 11.9. The highest BCUT2D eigenvalue weighted by Crippen LogP contribution is 2.22. The van der Waals surface area contributed by atoms with Gasteiger partial charge in [-0.3, -0.25) is 0 Å². The predicted molar refractivity (Wildman–Crippen MR) is 109 cm³/mol. The molecule has 130 valence electrons. The zero-order valence-electron chi connectivity index (χ0n) is 16.1. The predicted octanol–water partition coefficient (Wildman–Crippen LogP) is 1.30. The molecule has 0 saturated carbocycles. The first-order valence-corrected chi connectivity index (χ1v) is 12.4. The lowest BCUT2D eigenvalue weighted by Gasteiger charge is -2.30. The Morgan fingerprint density at radius 2 is 1.92 bits per heavy atom. The Morgan fingerprint density at radius 1 is 1.12 bits per heavy atom. The molecule has 0 atom stereocenters. The highest BCUT2D eigenvalue weighted by Gasteiger charge is 2.34. The van der Waals surface area contributed by atoms with Crippen LogP contribution in [-0.2, 0) is 6.42 Å². The van der Waals surface area contributed by atoms with Crippen molar-refractivity contribution in [1.29, 1.82) is 0 Å². The van der Waals surface area contributed by atoms with Gasteiger partial charge in [0.15, 0.2) is 0 Å². The van der Waals surface area contributed by atoms with Gasteiger partial charge >= 0.3 is 0 Å². The Bertz CT molecular complexity index is 973. The van der Waals surface area contributed by atoms with Crippen molar-refractivity contribution in [1.82, 2.24) is 4.58 Å². The van der Waals surface area contributed by atoms with Crippen LogP contribution in [0.4, 0.5) is 11.4 Å². The molecule has 4 heteroatoms. The van der Waals surface area contributed by atoms with Gasteiger partial charge in [0, 0.05) is 37.8 Å². The number of aryl methyl sites for hydroxylation is 1. The lowest BCUT2D eigenvalue weighted by Crippen LogP contribution is -2.62. The summed E-state index contributed by atoms with van der Waals surface area (Å²) in [7, 11) is 2.46. The maximum atomic E-state index is 5.06. The van der Waals surface area contributed by atoms with Crippen molar-refractivity contribution >= 4 is 29.8 Å². The molecule has 2 aliphatic rings. The van der Waals surface area contributed by atoms with Gasteiger partial charge < -0.3 is 4.90 Å². The minimum atomic E-state index is -1.76. The third-order valence-electron chi connectivity index (χ3n) is 5.88. The molecule has 2 aromatic carbocycles. The molecule has 25 heavy (non-hydrogen) atoms. The number of fused-ring (bicyclic) bond motifs is 3. The van der Waals surface area contributed by atoms with Crippen LogP contribution in [0.25, 0.3) is 0 Å². The first-order valence-electron chi connectivity index (χ1n) is 9.37. The van der Waals surface area contributed by atoms with E-state index >= 15 is 0 Å². The zero-order chi connectivity index (χ0) is 17.8. The minimum Gasteiger partial charge on any atom is -0.378 e. The van der Waals surface area contributed by atoms with Crippen molar-refractivity contribution in [2.24, 2.45) is 4.99 Å². The van der Waals surface area contributed by atoms with E-state index in [1.807, 2.05) is 0 Å². The summed E-state index contributed by atoms with van der Waals surface area (Å²) in [6.07, 6.45) is 2.44. The summed E-state index contributed by atoms with van der Waals surface area (Å²) in [4.78, 5) is 7.25. The van der Waals surface area contributed by atoms with Crippen LogP contribution in [0.5, 0.6) is 0 Å². The van der Waals surface area contributed by atoms with Gasteiger partial charge in [0.2, 0.25) is 5.36 Å². The van der Waals surface area contributed by atoms with E-state index in [0.717, 1.165) is 6.54 Å². The second kappa shape index (κ2) is 5.80. The fraction of sp³-hybridized carbons (Fsp3) is 0.429. The Morgan fingerprint density at radius 3 is 2.64 bits per heavy atom. The van der Waals surface area contributed by atoms with Gasteiger partial charge in [-0.2, -0.15) is 0 Å². The summed E-state index contributed by atoms with van der Waals surface area (Å²) in [5.41, 5.74) is 3.93. The van der Waals surface area contributed by atoms with E-state index in [-0.39, 0.29) is 0 Å². The highest BCUT2D eigenvalue weighted by atomic mass is 28.3. The molecule has 0 fully saturated rings. The van der Waals surface area contributed by atoms with Gasteiger partial charge in [-0.25, -0.2) is 9.57 Å². The number of benzene rings is 2. The van der Waals surface area contributed by atoms with E-state index in [9.17, 15) is 0 Å². The SMILES string of the molecule is CC[N+]1=c2cc3c(cc2CCC1)=Nc1ccc(N(C)C)cc1[Si]3(C)C. The molecule has 0 bridgehead atoms. The van der Waals surface area contributed by atoms with Crippen molar-refractivity contribution in [2.75, 3.05) is 32.1 Å². The third-order valence-corrected chi connectivity index (χ3v) is 9.37. The number of hydrogen-bond acceptors (Lipinski definition) is 2. The van der Waals surface area contributed by atoms with Crippen LogP contribution < -0.4 is 30.6 Å². The van der Waals surface area contributed by atoms with E-state index in [0.29, 0.717) is 0 Å². The van der Waals surface area contributed by atoms with Gasteiger partial charge in [0.1, 0.15) is 21.2 Å². The lowest BCUT2D eigenvalue weighted by molar-refractivity contribution is 0.539. The largest absolute Gasteiger partial charge is 0.378 e. The normalized spacial score (nSPS) is 17.2. The molecule has 0 radical (unpaired) electrons. The van der Waals surface area contributed by atoms with Gasteiger partial charge in [-0.1, -0.05) is 13.1 Å². The second-order valence-electron chi connectivity index (χ2n) is 8.01. The highest BCUT2D eigenvalue weighted by molar-refractivity contribution is 7.01. The number of hydrogen-bond donors (Lipinski definition) is 0. The topological polar surface area (TPSA) is 18.6 Å². The number of rotatable bonds is 2. The van der Waals surface area contributed by atoms with E-state index in [1.165, 1.54) is 57.4 Å². The first kappa shape index (κ1) is 16.5. The standard InChI is InChI=1S/C21H28N3Si/c1-6-24-11-7-8-15-12-18-21(14-19(15)24)25(4,5)20-13-16(23(2)3)9-10-17(20)22-18/h9-10,12-14H,6-8,11H2,1-5H3/q+1. The molecular formula is C21H28N3Si+. The molecule has 3 nitrogen and oxygen atoms in total. The van der Waals surface area contributed by atoms with E-state index in [2.05, 4.69) is 73.9 Å². The Kier molecular flexibility index (Phi) is 3.83. The Labute approximate surface area is 151 Å². The Balaban J connectivity index is 2.02. The fourth-order valence-corrected chi connectivity index (χ4v) is 7.14. The van der Waals surface area contributed by atoms with Crippen molar-refractivity contribution in [2.45, 2.75) is 32.9 Å². The van der Waals surface area contributed by atoms with Crippen molar-refractivity contribution in [3.63, 3.8) is 0 Å². The molecule has 0 amide bonds. The van der Waals surface area contributed by atoms with Crippen LogP contribution in [0.3, 0.4) is 0 Å². The van der Waals surface area contributed by atoms with Crippen molar-refractivity contribution in [3.05, 3.63) is 46.6 Å². The van der Waals surface area contributed by atoms with Crippen LogP contribution in [0.2, 0.25) is 13.1 Å². The summed E-state index contributed by atoms with van der Waals surface area (Å²) in [6, 6.07) is 11.6. The molecule has 2 aromatic rings. The van der Waals surface area contributed by atoms with E-state index in [1.54, 1.807) is 0 Å². The number of anilines is 1. The van der Waals surface area contributed by atoms with E-state index < -0.39 is 8.07 Å². The second-order valence-corrected chi connectivity index (χ2v) is 12.3. The summed E-state index contributed by atoms with van der Waals surface area (Å²) in [5.74, 6) is 0. The van der Waals surface area contributed by atoms with E-state index in [4.69, 9.17) is 4.99 Å². The number of nitrogens with zero attached hydrogens (tertiary/aromatic N) is 3. The van der Waals surface area contributed by atoms with Crippen LogP contribution in [-0.4, -0.2) is 35.3 Å². The van der Waals surface area contributed by atoms with Gasteiger partial charge in [-0.15, -0.1) is 0 Å². The molecule has 2 aliphatic heterocycles. The molecule has 0 unspecified atom stereocenters. The molecular weight excluding hydrogens is 322 g/mol. The zero-order valence-corrected chi connectivity index (χ0v) is 17.1. The molecule has 0 saturated heterocycles. The van der Waals surface area contributed by atoms with Crippen LogP contribution in [0, 0.1) is 0 Å². The van der Waals surface area contributed by atoms with Crippen LogP contribution >= 0.6 is 0 Å².